The zero-order valence-corrected chi connectivity index (χ0v) is 13.7. The van der Waals surface area contributed by atoms with Gasteiger partial charge in [-0.2, -0.15) is 0 Å². The summed E-state index contributed by atoms with van der Waals surface area (Å²) in [6.07, 6.45) is 0. The summed E-state index contributed by atoms with van der Waals surface area (Å²) in [4.78, 5) is 18.7. The van der Waals surface area contributed by atoms with Crippen LogP contribution in [0.4, 0.5) is 0 Å². The van der Waals surface area contributed by atoms with E-state index >= 15 is 0 Å². The second kappa shape index (κ2) is 7.13. The molecule has 0 saturated heterocycles. The fraction of sp³-hybridized carbons (Fsp3) is 0.200. The largest absolute Gasteiger partial charge is 0.487 e. The molecule has 1 aromatic heterocycles. The van der Waals surface area contributed by atoms with E-state index in [1.165, 1.54) is 0 Å². The number of aliphatic imine (C=N–C) groups is 1. The number of rotatable bonds is 6. The lowest BCUT2D eigenvalue weighted by atomic mass is 9.96. The van der Waals surface area contributed by atoms with E-state index in [1.54, 1.807) is 6.07 Å². The summed E-state index contributed by atoms with van der Waals surface area (Å²) in [6.45, 7) is 6.76. The summed E-state index contributed by atoms with van der Waals surface area (Å²) in [5.41, 5.74) is 2.79. The van der Waals surface area contributed by atoms with E-state index in [4.69, 9.17) is 4.74 Å². The van der Waals surface area contributed by atoms with Crippen LogP contribution in [0, 0.1) is 0 Å². The Kier molecular flexibility index (Phi) is 4.75. The van der Waals surface area contributed by atoms with Crippen LogP contribution in [0.5, 0.6) is 5.75 Å². The second-order valence-electron chi connectivity index (χ2n) is 5.85. The topological polar surface area (TPSA) is 54.4 Å². The Morgan fingerprint density at radius 2 is 1.92 bits per heavy atom. The van der Waals surface area contributed by atoms with Gasteiger partial charge in [-0.3, -0.25) is 4.79 Å². The van der Waals surface area contributed by atoms with Crippen LogP contribution in [-0.4, -0.2) is 18.2 Å². The van der Waals surface area contributed by atoms with Crippen molar-refractivity contribution in [3.63, 3.8) is 0 Å². The van der Waals surface area contributed by atoms with Crippen LogP contribution in [0.2, 0.25) is 0 Å². The van der Waals surface area contributed by atoms with E-state index in [0.29, 0.717) is 18.9 Å². The number of ether oxygens (including phenoxy) is 1. The lowest BCUT2D eigenvalue weighted by Gasteiger charge is -2.15. The zero-order valence-electron chi connectivity index (χ0n) is 13.7. The van der Waals surface area contributed by atoms with Gasteiger partial charge < -0.3 is 14.7 Å². The minimum absolute atomic E-state index is 0.140. The SMILES string of the molecule is C=NC[C@H](C)c1ccc(OCc2ccccc2)c2[nH]c(=O)ccc12. The monoisotopic (exact) mass is 320 g/mol. The Bertz CT molecular complexity index is 900. The van der Waals surface area contributed by atoms with Gasteiger partial charge in [0.1, 0.15) is 12.4 Å². The van der Waals surface area contributed by atoms with Crippen LogP contribution in [0.3, 0.4) is 0 Å². The standard InChI is InChI=1S/C20H20N2O2/c1-14(12-21-2)16-8-10-18(20-17(16)9-11-19(23)22-20)24-13-15-6-4-3-5-7-15/h3-11,14H,2,12-13H2,1H3,(H,22,23)/t14-/m0/s1. The van der Waals surface area contributed by atoms with Crippen LogP contribution in [0.15, 0.2) is 64.4 Å². The molecule has 0 aliphatic heterocycles. The predicted molar refractivity (Wildman–Crippen MR) is 98.2 cm³/mol. The van der Waals surface area contributed by atoms with Crippen molar-refractivity contribution in [3.05, 3.63) is 76.1 Å². The van der Waals surface area contributed by atoms with Crippen LogP contribution in [0.25, 0.3) is 10.9 Å². The summed E-state index contributed by atoms with van der Waals surface area (Å²) in [7, 11) is 0. The maximum atomic E-state index is 11.8. The van der Waals surface area contributed by atoms with Gasteiger partial charge in [-0.1, -0.05) is 43.3 Å². The molecule has 0 spiro atoms. The van der Waals surface area contributed by atoms with Crippen LogP contribution >= 0.6 is 0 Å². The van der Waals surface area contributed by atoms with Gasteiger partial charge >= 0.3 is 0 Å². The van der Waals surface area contributed by atoms with Crippen molar-refractivity contribution >= 4 is 17.6 Å². The van der Waals surface area contributed by atoms with Crippen molar-refractivity contribution in [2.45, 2.75) is 19.4 Å². The number of nitrogens with zero attached hydrogens (tertiary/aromatic N) is 1. The summed E-state index contributed by atoms with van der Waals surface area (Å²) in [5, 5.41) is 0.983. The van der Waals surface area contributed by atoms with Gasteiger partial charge in [-0.05, 0) is 30.0 Å². The third kappa shape index (κ3) is 3.38. The molecule has 122 valence electrons. The summed E-state index contributed by atoms with van der Waals surface area (Å²) >= 11 is 0. The second-order valence-corrected chi connectivity index (χ2v) is 5.85. The molecular weight excluding hydrogens is 300 g/mol. The average molecular weight is 320 g/mol. The van der Waals surface area contributed by atoms with Gasteiger partial charge in [0, 0.05) is 23.9 Å². The van der Waals surface area contributed by atoms with E-state index in [9.17, 15) is 4.79 Å². The highest BCUT2D eigenvalue weighted by Crippen LogP contribution is 2.31. The lowest BCUT2D eigenvalue weighted by Crippen LogP contribution is -2.07. The number of hydrogen-bond acceptors (Lipinski definition) is 3. The fourth-order valence-electron chi connectivity index (χ4n) is 2.83. The van der Waals surface area contributed by atoms with E-state index in [-0.39, 0.29) is 11.5 Å². The van der Waals surface area contributed by atoms with Crippen LogP contribution in [-0.2, 0) is 6.61 Å². The molecule has 0 radical (unpaired) electrons. The fourth-order valence-corrected chi connectivity index (χ4v) is 2.83. The van der Waals surface area contributed by atoms with Crippen molar-refractivity contribution in [1.29, 1.82) is 0 Å². The average Bonchev–Trinajstić information content (AvgIpc) is 2.60. The molecule has 0 bridgehead atoms. The molecular formula is C20H20N2O2. The summed E-state index contributed by atoms with van der Waals surface area (Å²) in [6, 6.07) is 17.3. The number of pyridine rings is 1. The van der Waals surface area contributed by atoms with Gasteiger partial charge in [0.2, 0.25) is 5.56 Å². The van der Waals surface area contributed by atoms with Crippen molar-refractivity contribution in [2.75, 3.05) is 6.54 Å². The molecule has 0 fully saturated rings. The number of aromatic nitrogens is 1. The predicted octanol–water partition coefficient (Wildman–Crippen LogP) is 3.91. The molecule has 0 unspecified atom stereocenters. The highest BCUT2D eigenvalue weighted by Gasteiger charge is 2.13. The molecule has 4 heteroatoms. The van der Waals surface area contributed by atoms with Crippen LogP contribution in [0.1, 0.15) is 24.0 Å². The number of aromatic amines is 1. The molecule has 24 heavy (non-hydrogen) atoms. The minimum Gasteiger partial charge on any atom is -0.487 e. The Balaban J connectivity index is 1.99. The molecule has 0 amide bonds. The smallest absolute Gasteiger partial charge is 0.248 e. The normalized spacial score (nSPS) is 12.0. The molecule has 0 aliphatic rings. The first kappa shape index (κ1) is 16.0. The molecule has 0 saturated carbocycles. The first-order valence-electron chi connectivity index (χ1n) is 7.94. The minimum atomic E-state index is -0.140. The molecule has 2 aromatic carbocycles. The van der Waals surface area contributed by atoms with Gasteiger partial charge in [0.25, 0.3) is 0 Å². The van der Waals surface area contributed by atoms with E-state index < -0.39 is 0 Å². The van der Waals surface area contributed by atoms with Gasteiger partial charge in [-0.25, -0.2) is 0 Å². The molecule has 1 N–H and O–H groups in total. The van der Waals surface area contributed by atoms with E-state index in [2.05, 4.69) is 23.6 Å². The molecule has 3 aromatic rings. The molecule has 0 aliphatic carbocycles. The number of benzene rings is 2. The summed E-state index contributed by atoms with van der Waals surface area (Å²) < 4.78 is 5.95. The highest BCUT2D eigenvalue weighted by molar-refractivity contribution is 5.87. The Morgan fingerprint density at radius 1 is 1.12 bits per heavy atom. The number of fused-ring (bicyclic) bond motifs is 1. The van der Waals surface area contributed by atoms with Gasteiger partial charge in [0.05, 0.1) is 5.52 Å². The maximum Gasteiger partial charge on any atom is 0.248 e. The van der Waals surface area contributed by atoms with Gasteiger partial charge in [-0.15, -0.1) is 0 Å². The Hall–Kier alpha value is -2.88. The highest BCUT2D eigenvalue weighted by atomic mass is 16.5. The third-order valence-electron chi connectivity index (χ3n) is 4.06. The quantitative estimate of drug-likeness (QED) is 0.700. The molecule has 4 nitrogen and oxygen atoms in total. The summed E-state index contributed by atoms with van der Waals surface area (Å²) in [5.74, 6) is 0.896. The van der Waals surface area contributed by atoms with Crippen molar-refractivity contribution in [3.8, 4) is 5.75 Å². The van der Waals surface area contributed by atoms with Crippen molar-refractivity contribution < 1.29 is 4.74 Å². The van der Waals surface area contributed by atoms with Crippen molar-refractivity contribution in [1.82, 2.24) is 4.98 Å². The number of nitrogens with one attached hydrogen (secondary N) is 1. The zero-order chi connectivity index (χ0) is 16.9. The lowest BCUT2D eigenvalue weighted by molar-refractivity contribution is 0.309. The molecule has 1 atom stereocenters. The van der Waals surface area contributed by atoms with E-state index in [0.717, 1.165) is 22.0 Å². The molecule has 3 rings (SSSR count). The first-order valence-corrected chi connectivity index (χ1v) is 7.94. The number of hydrogen-bond donors (Lipinski definition) is 1. The number of H-pyrrole nitrogens is 1. The van der Waals surface area contributed by atoms with E-state index in [1.807, 2.05) is 48.5 Å². The Labute approximate surface area is 140 Å². The van der Waals surface area contributed by atoms with Gasteiger partial charge in [0.15, 0.2) is 0 Å². The maximum absolute atomic E-state index is 11.8. The Morgan fingerprint density at radius 3 is 2.67 bits per heavy atom. The first-order chi connectivity index (χ1) is 11.7. The third-order valence-corrected chi connectivity index (χ3v) is 4.06. The van der Waals surface area contributed by atoms with Crippen LogP contribution < -0.4 is 10.3 Å². The van der Waals surface area contributed by atoms with Crippen molar-refractivity contribution in [2.24, 2.45) is 4.99 Å². The molecule has 1 heterocycles.